The summed E-state index contributed by atoms with van der Waals surface area (Å²) >= 11 is 0. The Morgan fingerprint density at radius 1 is 0.750 bits per heavy atom. The number of rotatable bonds is 7. The van der Waals surface area contributed by atoms with E-state index in [-0.39, 0.29) is 19.1 Å². The molecule has 1 fully saturated rings. The standard InChI is InChI=1S/C34H30N2O4/c1-34(2)32(38)36(33(39)35-34)20-24(37)21-40-30-19-9-18-29(27-16-7-12-22-10-3-5-14-25(22)27)31(30)28-17-8-13-23-11-4-6-15-26(23)28/h3-19,24,37H,20-21H2,1-2H3,(H,35,39). The van der Waals surface area contributed by atoms with E-state index in [1.54, 1.807) is 13.8 Å². The number of carbonyl (C=O) groups excluding carboxylic acids is 2. The zero-order valence-electron chi connectivity index (χ0n) is 22.4. The Hall–Kier alpha value is -4.68. The molecule has 6 rings (SSSR count). The number of nitrogens with one attached hydrogen (secondary N) is 1. The lowest BCUT2D eigenvalue weighted by atomic mass is 9.88. The van der Waals surface area contributed by atoms with Gasteiger partial charge >= 0.3 is 6.03 Å². The quantitative estimate of drug-likeness (QED) is 0.239. The Morgan fingerprint density at radius 3 is 1.95 bits per heavy atom. The van der Waals surface area contributed by atoms with Crippen LogP contribution in [-0.2, 0) is 4.79 Å². The van der Waals surface area contributed by atoms with Crippen molar-refractivity contribution in [1.82, 2.24) is 10.2 Å². The van der Waals surface area contributed by atoms with Crippen molar-refractivity contribution in [2.45, 2.75) is 25.5 Å². The van der Waals surface area contributed by atoms with Crippen LogP contribution in [-0.4, -0.2) is 46.7 Å². The van der Waals surface area contributed by atoms with E-state index in [9.17, 15) is 14.7 Å². The van der Waals surface area contributed by atoms with Crippen molar-refractivity contribution >= 4 is 33.5 Å². The molecule has 40 heavy (non-hydrogen) atoms. The average Bonchev–Trinajstić information content (AvgIpc) is 3.16. The molecule has 1 saturated heterocycles. The van der Waals surface area contributed by atoms with Crippen molar-refractivity contribution in [2.24, 2.45) is 0 Å². The van der Waals surface area contributed by atoms with Gasteiger partial charge in [-0.2, -0.15) is 0 Å². The summed E-state index contributed by atoms with van der Waals surface area (Å²) in [4.78, 5) is 26.0. The minimum atomic E-state index is -1.06. The van der Waals surface area contributed by atoms with Crippen molar-refractivity contribution in [2.75, 3.05) is 13.2 Å². The van der Waals surface area contributed by atoms with E-state index in [0.717, 1.165) is 48.7 Å². The molecule has 1 atom stereocenters. The number of imide groups is 1. The first-order valence-electron chi connectivity index (χ1n) is 13.4. The van der Waals surface area contributed by atoms with Crippen LogP contribution in [0, 0.1) is 0 Å². The topological polar surface area (TPSA) is 78.9 Å². The first-order valence-corrected chi connectivity index (χ1v) is 13.4. The van der Waals surface area contributed by atoms with Crippen LogP contribution in [0.2, 0.25) is 0 Å². The van der Waals surface area contributed by atoms with E-state index >= 15 is 0 Å². The molecule has 200 valence electrons. The zero-order chi connectivity index (χ0) is 27.9. The number of benzene rings is 5. The van der Waals surface area contributed by atoms with Gasteiger partial charge in [0, 0.05) is 5.56 Å². The summed E-state index contributed by atoms with van der Waals surface area (Å²) in [5, 5.41) is 18.0. The van der Waals surface area contributed by atoms with Gasteiger partial charge < -0.3 is 15.2 Å². The minimum absolute atomic E-state index is 0.0890. The highest BCUT2D eigenvalue weighted by molar-refractivity contribution is 6.07. The van der Waals surface area contributed by atoms with Gasteiger partial charge in [-0.25, -0.2) is 4.79 Å². The van der Waals surface area contributed by atoms with Crippen LogP contribution < -0.4 is 10.1 Å². The van der Waals surface area contributed by atoms with Gasteiger partial charge in [0.25, 0.3) is 5.91 Å². The number of urea groups is 1. The van der Waals surface area contributed by atoms with Crippen LogP contribution in [0.1, 0.15) is 13.8 Å². The molecule has 3 amide bonds. The van der Waals surface area contributed by atoms with Gasteiger partial charge in [0.05, 0.1) is 6.54 Å². The summed E-state index contributed by atoms with van der Waals surface area (Å²) in [6, 6.07) is 34.4. The average molecular weight is 531 g/mol. The number of hydrogen-bond donors (Lipinski definition) is 2. The second-order valence-corrected chi connectivity index (χ2v) is 10.7. The highest BCUT2D eigenvalue weighted by atomic mass is 16.5. The van der Waals surface area contributed by atoms with E-state index in [4.69, 9.17) is 4.74 Å². The number of nitrogens with zero attached hydrogens (tertiary/aromatic N) is 1. The predicted molar refractivity (Wildman–Crippen MR) is 158 cm³/mol. The predicted octanol–water partition coefficient (Wildman–Crippen LogP) is 6.40. The monoisotopic (exact) mass is 530 g/mol. The molecular weight excluding hydrogens is 500 g/mol. The van der Waals surface area contributed by atoms with Gasteiger partial charge in [0.15, 0.2) is 0 Å². The van der Waals surface area contributed by atoms with E-state index in [1.807, 2.05) is 42.5 Å². The van der Waals surface area contributed by atoms with Crippen LogP contribution in [0.3, 0.4) is 0 Å². The summed E-state index contributed by atoms with van der Waals surface area (Å²) in [5.41, 5.74) is 3.02. The van der Waals surface area contributed by atoms with Crippen molar-refractivity contribution in [3.05, 3.63) is 103 Å². The normalized spacial score (nSPS) is 15.4. The highest BCUT2D eigenvalue weighted by Crippen LogP contribution is 2.44. The lowest BCUT2D eigenvalue weighted by molar-refractivity contribution is -0.131. The summed E-state index contributed by atoms with van der Waals surface area (Å²) in [6.07, 6.45) is -1.06. The molecule has 1 unspecified atom stereocenters. The molecule has 6 heteroatoms. The van der Waals surface area contributed by atoms with E-state index in [0.29, 0.717) is 5.75 Å². The Labute approximate surface area is 232 Å². The molecular formula is C34H30N2O4. The van der Waals surface area contributed by atoms with Crippen LogP contribution in [0.4, 0.5) is 4.79 Å². The van der Waals surface area contributed by atoms with Crippen molar-refractivity contribution in [3.8, 4) is 28.0 Å². The van der Waals surface area contributed by atoms with Crippen molar-refractivity contribution in [1.29, 1.82) is 0 Å². The maximum atomic E-state index is 12.6. The molecule has 0 saturated carbocycles. The number of ether oxygens (including phenoxy) is 1. The van der Waals surface area contributed by atoms with Crippen molar-refractivity contribution < 1.29 is 19.4 Å². The molecule has 1 aliphatic rings. The van der Waals surface area contributed by atoms with E-state index in [2.05, 4.69) is 66.0 Å². The largest absolute Gasteiger partial charge is 0.490 e. The Balaban J connectivity index is 1.42. The third-order valence-corrected chi connectivity index (χ3v) is 7.43. The highest BCUT2D eigenvalue weighted by Gasteiger charge is 2.44. The lowest BCUT2D eigenvalue weighted by Crippen LogP contribution is -2.42. The van der Waals surface area contributed by atoms with Gasteiger partial charge in [-0.15, -0.1) is 0 Å². The second-order valence-electron chi connectivity index (χ2n) is 10.7. The first kappa shape index (κ1) is 25.6. The van der Waals surface area contributed by atoms with E-state index in [1.165, 1.54) is 0 Å². The molecule has 0 aromatic heterocycles. The first-order chi connectivity index (χ1) is 19.3. The number of hydrogen-bond acceptors (Lipinski definition) is 4. The molecule has 0 radical (unpaired) electrons. The lowest BCUT2D eigenvalue weighted by Gasteiger charge is -2.22. The minimum Gasteiger partial charge on any atom is -0.490 e. The van der Waals surface area contributed by atoms with Crippen LogP contribution >= 0.6 is 0 Å². The molecule has 2 N–H and O–H groups in total. The second kappa shape index (κ2) is 10.1. The molecule has 1 aliphatic heterocycles. The Morgan fingerprint density at radius 2 is 1.30 bits per heavy atom. The third-order valence-electron chi connectivity index (χ3n) is 7.43. The smallest absolute Gasteiger partial charge is 0.325 e. The maximum absolute atomic E-state index is 12.6. The fourth-order valence-electron chi connectivity index (χ4n) is 5.49. The molecule has 0 aliphatic carbocycles. The van der Waals surface area contributed by atoms with Crippen LogP contribution in [0.15, 0.2) is 103 Å². The van der Waals surface area contributed by atoms with E-state index < -0.39 is 17.7 Å². The van der Waals surface area contributed by atoms with Gasteiger partial charge in [-0.05, 0) is 58.1 Å². The van der Waals surface area contributed by atoms with Gasteiger partial charge in [0.1, 0.15) is 24.0 Å². The Kier molecular flexibility index (Phi) is 6.48. The summed E-state index contributed by atoms with van der Waals surface area (Å²) in [7, 11) is 0. The van der Waals surface area contributed by atoms with Gasteiger partial charge in [-0.3, -0.25) is 9.69 Å². The summed E-state index contributed by atoms with van der Waals surface area (Å²) in [6.45, 7) is 3.05. The molecule has 0 bridgehead atoms. The number of aliphatic hydroxyl groups excluding tert-OH is 1. The molecule has 0 spiro atoms. The Bertz CT molecular complexity index is 1750. The summed E-state index contributed by atoms with van der Waals surface area (Å²) < 4.78 is 6.29. The van der Waals surface area contributed by atoms with Crippen molar-refractivity contribution in [3.63, 3.8) is 0 Å². The third kappa shape index (κ3) is 4.56. The van der Waals surface area contributed by atoms with Gasteiger partial charge in [0.2, 0.25) is 0 Å². The van der Waals surface area contributed by atoms with Gasteiger partial charge in [-0.1, -0.05) is 97.1 Å². The molecule has 1 heterocycles. The maximum Gasteiger partial charge on any atom is 0.325 e. The number of amides is 3. The number of fused-ring (bicyclic) bond motifs is 2. The van der Waals surface area contributed by atoms with Crippen LogP contribution in [0.5, 0.6) is 5.75 Å². The number of aliphatic hydroxyl groups is 1. The van der Waals surface area contributed by atoms with Crippen LogP contribution in [0.25, 0.3) is 43.8 Å². The SMILES string of the molecule is CC1(C)NC(=O)N(CC(O)COc2cccc(-c3cccc4ccccc34)c2-c2cccc3ccccc23)C1=O. The molecule has 5 aromatic carbocycles. The number of β-amino-alcohol motifs (C(OH)–C–C–N with tert-alkyl or cyclic N) is 1. The molecule has 6 nitrogen and oxygen atoms in total. The fraction of sp³-hybridized carbons (Fsp3) is 0.176. The fourth-order valence-corrected chi connectivity index (χ4v) is 5.49. The number of carbonyl (C=O) groups is 2. The zero-order valence-corrected chi connectivity index (χ0v) is 22.4. The molecule has 5 aromatic rings. The summed E-state index contributed by atoms with van der Waals surface area (Å²) in [5.74, 6) is 0.240.